The van der Waals surface area contributed by atoms with Crippen molar-refractivity contribution in [3.05, 3.63) is 31.3 Å². The topological polar surface area (TPSA) is 66.8 Å². The monoisotopic (exact) mass is 215 g/mol. The number of nitrogens with zero attached hydrogens (tertiary/aromatic N) is 1. The Balaban J connectivity index is 2.98. The fourth-order valence-electron chi connectivity index (χ4n) is 0.862. The number of methoxy groups -OCH3 is 1. The molecule has 0 bridgehead atoms. The number of hydrogen-bond donors (Lipinski definition) is 1. The molecule has 0 aliphatic heterocycles. The first kappa shape index (κ1) is 10.8. The molecule has 0 aliphatic rings. The minimum absolute atomic E-state index is 0.147. The van der Waals surface area contributed by atoms with Crippen LogP contribution in [0, 0.1) is 7.05 Å². The van der Waals surface area contributed by atoms with Crippen molar-refractivity contribution in [2.24, 2.45) is 0 Å². The Morgan fingerprint density at radius 2 is 1.86 bits per heavy atom. The van der Waals surface area contributed by atoms with Gasteiger partial charge in [-0.05, 0) is 24.3 Å². The summed E-state index contributed by atoms with van der Waals surface area (Å²) in [6, 6.07) is 5.87. The van der Waals surface area contributed by atoms with Crippen LogP contribution >= 0.6 is 0 Å². The van der Waals surface area contributed by atoms with E-state index < -0.39 is 10.3 Å². The summed E-state index contributed by atoms with van der Waals surface area (Å²) >= 11 is 0. The molecule has 0 atom stereocenters. The Labute approximate surface area is 82.8 Å². The molecule has 0 amide bonds. The second-order valence-corrected chi connectivity index (χ2v) is 3.76. The van der Waals surface area contributed by atoms with Crippen LogP contribution in [0.3, 0.4) is 0 Å². The second kappa shape index (κ2) is 3.85. The summed E-state index contributed by atoms with van der Waals surface area (Å²) in [5.74, 6) is 0.567. The van der Waals surface area contributed by atoms with Crippen molar-refractivity contribution in [1.82, 2.24) is 0 Å². The summed E-state index contributed by atoms with van der Waals surface area (Å²) < 4.78 is 35.0. The van der Waals surface area contributed by atoms with Crippen LogP contribution in [0.1, 0.15) is 0 Å². The molecule has 0 saturated heterocycles. The Morgan fingerprint density at radius 1 is 1.36 bits per heavy atom. The zero-order valence-corrected chi connectivity index (χ0v) is 8.23. The summed E-state index contributed by atoms with van der Waals surface area (Å²) in [6.07, 6.45) is 0. The van der Waals surface area contributed by atoms with Gasteiger partial charge in [0.1, 0.15) is 5.75 Å². The smallest absolute Gasteiger partial charge is 0.360 e. The van der Waals surface area contributed by atoms with Crippen LogP contribution in [0.5, 0.6) is 5.75 Å². The maximum atomic E-state index is 10.6. The average Bonchev–Trinajstić information content (AvgIpc) is 2.15. The van der Waals surface area contributed by atoms with Gasteiger partial charge in [-0.25, -0.2) is 4.31 Å². The van der Waals surface area contributed by atoms with Crippen LogP contribution in [-0.2, 0) is 10.3 Å². The van der Waals surface area contributed by atoms with Crippen molar-refractivity contribution in [1.29, 1.82) is 0 Å². The number of hydrogen-bond acceptors (Lipinski definition) is 3. The molecule has 1 aromatic rings. The summed E-state index contributed by atoms with van der Waals surface area (Å²) in [4.78, 5) is 0. The Kier molecular flexibility index (Phi) is 2.97. The molecule has 0 aromatic heterocycles. The standard InChI is InChI=1S/C8H9NO4S/c1-9(14(10,11)12)7-3-5-8(13-2)6-4-7/h1,3-6H,2H3,(H,10,11,12). The molecule has 1 N–H and O–H groups in total. The highest BCUT2D eigenvalue weighted by atomic mass is 32.2. The van der Waals surface area contributed by atoms with E-state index in [1.165, 1.54) is 31.4 Å². The molecule has 1 rings (SSSR count). The molecule has 0 heterocycles. The van der Waals surface area contributed by atoms with Gasteiger partial charge in [-0.2, -0.15) is 8.42 Å². The molecule has 1 aromatic carbocycles. The van der Waals surface area contributed by atoms with Crippen LogP contribution in [-0.4, -0.2) is 20.1 Å². The van der Waals surface area contributed by atoms with E-state index in [1.807, 2.05) is 0 Å². The van der Waals surface area contributed by atoms with Gasteiger partial charge in [0.25, 0.3) is 0 Å². The highest BCUT2D eigenvalue weighted by Gasteiger charge is 2.14. The molecular formula is C8H9NO4S. The van der Waals surface area contributed by atoms with Crippen molar-refractivity contribution in [2.45, 2.75) is 0 Å². The fraction of sp³-hybridized carbons (Fsp3) is 0.125. The predicted molar refractivity (Wildman–Crippen MR) is 51.3 cm³/mol. The average molecular weight is 215 g/mol. The number of ether oxygens (including phenoxy) is 1. The third-order valence-electron chi connectivity index (χ3n) is 1.58. The highest BCUT2D eigenvalue weighted by Crippen LogP contribution is 2.20. The van der Waals surface area contributed by atoms with E-state index in [-0.39, 0.29) is 9.99 Å². The maximum absolute atomic E-state index is 10.6. The summed E-state index contributed by atoms with van der Waals surface area (Å²) in [7, 11) is 2.20. The van der Waals surface area contributed by atoms with Gasteiger partial charge >= 0.3 is 10.3 Å². The Hall–Kier alpha value is -1.27. The summed E-state index contributed by atoms with van der Waals surface area (Å²) in [5, 5.41) is 0. The lowest BCUT2D eigenvalue weighted by molar-refractivity contribution is 0.415. The van der Waals surface area contributed by atoms with E-state index in [2.05, 4.69) is 0 Å². The van der Waals surface area contributed by atoms with E-state index in [0.29, 0.717) is 5.75 Å². The lowest BCUT2D eigenvalue weighted by Crippen LogP contribution is -2.22. The molecule has 0 aliphatic carbocycles. The molecule has 76 valence electrons. The van der Waals surface area contributed by atoms with Crippen LogP contribution in [0.25, 0.3) is 0 Å². The van der Waals surface area contributed by atoms with Gasteiger partial charge in [0.2, 0.25) is 0 Å². The van der Waals surface area contributed by atoms with Crippen molar-refractivity contribution in [2.75, 3.05) is 11.4 Å². The van der Waals surface area contributed by atoms with Crippen molar-refractivity contribution in [3.63, 3.8) is 0 Å². The predicted octanol–water partition coefficient (Wildman–Crippen LogP) is 0.973. The third kappa shape index (κ3) is 2.36. The number of anilines is 1. The normalized spacial score (nSPS) is 11.1. The van der Waals surface area contributed by atoms with Crippen LogP contribution in [0.2, 0.25) is 0 Å². The van der Waals surface area contributed by atoms with Crippen molar-refractivity contribution < 1.29 is 17.7 Å². The minimum Gasteiger partial charge on any atom is -0.497 e. The summed E-state index contributed by atoms with van der Waals surface area (Å²) in [6.45, 7) is 0. The third-order valence-corrected chi connectivity index (χ3v) is 2.28. The highest BCUT2D eigenvalue weighted by molar-refractivity contribution is 7.87. The first-order chi connectivity index (χ1) is 6.45. The van der Waals surface area contributed by atoms with Crippen LogP contribution < -0.4 is 9.04 Å². The van der Waals surface area contributed by atoms with Crippen LogP contribution in [0.4, 0.5) is 5.69 Å². The first-order valence-electron chi connectivity index (χ1n) is 3.61. The second-order valence-electron chi connectivity index (χ2n) is 2.47. The fourth-order valence-corrected chi connectivity index (χ4v) is 1.25. The molecule has 6 heteroatoms. The largest absolute Gasteiger partial charge is 0.497 e. The lowest BCUT2D eigenvalue weighted by atomic mass is 10.3. The molecule has 14 heavy (non-hydrogen) atoms. The van der Waals surface area contributed by atoms with Gasteiger partial charge < -0.3 is 4.74 Å². The van der Waals surface area contributed by atoms with E-state index in [9.17, 15) is 8.42 Å². The van der Waals surface area contributed by atoms with Gasteiger partial charge in [0, 0.05) is 0 Å². The molecular weight excluding hydrogens is 206 g/mol. The van der Waals surface area contributed by atoms with E-state index in [1.54, 1.807) is 0 Å². The Morgan fingerprint density at radius 3 is 2.21 bits per heavy atom. The van der Waals surface area contributed by atoms with Gasteiger partial charge in [0.05, 0.1) is 19.8 Å². The van der Waals surface area contributed by atoms with Crippen molar-refractivity contribution in [3.8, 4) is 5.75 Å². The number of rotatable bonds is 3. The zero-order valence-electron chi connectivity index (χ0n) is 7.41. The maximum Gasteiger partial charge on any atom is 0.360 e. The SMILES string of the molecule is [CH]N(c1ccc(OC)cc1)S(=O)(=O)O. The molecule has 0 fully saturated rings. The van der Waals surface area contributed by atoms with Gasteiger partial charge in [-0.15, -0.1) is 0 Å². The van der Waals surface area contributed by atoms with Gasteiger partial charge in [-0.1, -0.05) is 0 Å². The van der Waals surface area contributed by atoms with E-state index in [0.717, 1.165) is 0 Å². The van der Waals surface area contributed by atoms with Gasteiger partial charge in [-0.3, -0.25) is 4.55 Å². The summed E-state index contributed by atoms with van der Waals surface area (Å²) in [5.41, 5.74) is 0.147. The molecule has 0 unspecified atom stereocenters. The van der Waals surface area contributed by atoms with E-state index >= 15 is 0 Å². The van der Waals surface area contributed by atoms with Crippen molar-refractivity contribution >= 4 is 16.0 Å². The molecule has 2 radical (unpaired) electrons. The van der Waals surface area contributed by atoms with E-state index in [4.69, 9.17) is 16.3 Å². The van der Waals surface area contributed by atoms with Crippen LogP contribution in [0.15, 0.2) is 24.3 Å². The molecule has 0 spiro atoms. The quantitative estimate of drug-likeness (QED) is 0.602. The Bertz CT molecular complexity index is 398. The minimum atomic E-state index is -4.41. The molecule has 5 nitrogen and oxygen atoms in total. The zero-order chi connectivity index (χ0) is 10.8. The van der Waals surface area contributed by atoms with Gasteiger partial charge in [0.15, 0.2) is 0 Å². The first-order valence-corrected chi connectivity index (χ1v) is 5.01. The number of benzene rings is 1. The lowest BCUT2D eigenvalue weighted by Gasteiger charge is -2.13. The molecule has 0 saturated carbocycles.